The highest BCUT2D eigenvalue weighted by atomic mass is 19.1. The topological polar surface area (TPSA) is 21.1 Å². The molecule has 1 aliphatic heterocycles. The van der Waals surface area contributed by atoms with E-state index >= 15 is 0 Å². The molecule has 0 amide bonds. The minimum absolute atomic E-state index is 0.190. The summed E-state index contributed by atoms with van der Waals surface area (Å²) in [6.45, 7) is 4.65. The van der Waals surface area contributed by atoms with Crippen molar-refractivity contribution in [2.45, 2.75) is 20.0 Å². The first-order valence-corrected chi connectivity index (χ1v) is 6.14. The molecule has 18 heavy (non-hydrogen) atoms. The predicted octanol–water partition coefficient (Wildman–Crippen LogP) is 2.44. The first kappa shape index (κ1) is 11.4. The van der Waals surface area contributed by atoms with Gasteiger partial charge in [0.15, 0.2) is 0 Å². The molecule has 0 N–H and O–H groups in total. The molecule has 0 spiro atoms. The SMILES string of the molecule is Cc1ccc(-c2ncn3c2CN(C)CC3)c(F)c1. The van der Waals surface area contributed by atoms with Crippen molar-refractivity contribution in [3.8, 4) is 11.3 Å². The van der Waals surface area contributed by atoms with Gasteiger partial charge in [-0.1, -0.05) is 6.07 Å². The number of likely N-dealkylation sites (N-methyl/N-ethyl adjacent to an activating group) is 1. The Morgan fingerprint density at radius 2 is 2.11 bits per heavy atom. The molecule has 1 aliphatic rings. The molecule has 3 nitrogen and oxygen atoms in total. The van der Waals surface area contributed by atoms with Gasteiger partial charge < -0.3 is 4.57 Å². The lowest BCUT2D eigenvalue weighted by atomic mass is 10.1. The number of nitrogens with zero attached hydrogens (tertiary/aromatic N) is 3. The zero-order valence-electron chi connectivity index (χ0n) is 10.7. The van der Waals surface area contributed by atoms with Crippen molar-refractivity contribution in [2.75, 3.05) is 13.6 Å². The highest BCUT2D eigenvalue weighted by molar-refractivity contribution is 5.63. The van der Waals surface area contributed by atoms with E-state index in [-0.39, 0.29) is 5.82 Å². The van der Waals surface area contributed by atoms with E-state index in [9.17, 15) is 4.39 Å². The minimum atomic E-state index is -0.190. The van der Waals surface area contributed by atoms with Crippen molar-refractivity contribution >= 4 is 0 Å². The summed E-state index contributed by atoms with van der Waals surface area (Å²) >= 11 is 0. The number of rotatable bonds is 1. The van der Waals surface area contributed by atoms with E-state index in [2.05, 4.69) is 21.5 Å². The lowest BCUT2D eigenvalue weighted by Gasteiger charge is -2.24. The summed E-state index contributed by atoms with van der Waals surface area (Å²) in [5, 5.41) is 0. The molecule has 4 heteroatoms. The fraction of sp³-hybridized carbons (Fsp3) is 0.357. The molecule has 2 heterocycles. The van der Waals surface area contributed by atoms with Crippen LogP contribution in [0.3, 0.4) is 0 Å². The van der Waals surface area contributed by atoms with Crippen molar-refractivity contribution < 1.29 is 4.39 Å². The maximum absolute atomic E-state index is 14.0. The van der Waals surface area contributed by atoms with Gasteiger partial charge in [-0.2, -0.15) is 0 Å². The number of benzene rings is 1. The van der Waals surface area contributed by atoms with Crippen LogP contribution in [0.25, 0.3) is 11.3 Å². The van der Waals surface area contributed by atoms with Crippen LogP contribution in [-0.4, -0.2) is 28.0 Å². The van der Waals surface area contributed by atoms with E-state index in [1.165, 1.54) is 0 Å². The van der Waals surface area contributed by atoms with E-state index in [0.717, 1.165) is 36.6 Å². The van der Waals surface area contributed by atoms with Crippen LogP contribution in [0.2, 0.25) is 0 Å². The Hall–Kier alpha value is -1.68. The number of hydrogen-bond acceptors (Lipinski definition) is 2. The smallest absolute Gasteiger partial charge is 0.132 e. The van der Waals surface area contributed by atoms with E-state index in [0.29, 0.717) is 5.56 Å². The van der Waals surface area contributed by atoms with Crippen molar-refractivity contribution in [2.24, 2.45) is 0 Å². The predicted molar refractivity (Wildman–Crippen MR) is 68.7 cm³/mol. The zero-order valence-corrected chi connectivity index (χ0v) is 10.7. The van der Waals surface area contributed by atoms with Crippen molar-refractivity contribution in [3.05, 3.63) is 41.6 Å². The molecule has 0 bridgehead atoms. The maximum Gasteiger partial charge on any atom is 0.132 e. The second-order valence-corrected chi connectivity index (χ2v) is 4.95. The first-order valence-electron chi connectivity index (χ1n) is 6.14. The van der Waals surface area contributed by atoms with Gasteiger partial charge in [-0.25, -0.2) is 9.37 Å². The van der Waals surface area contributed by atoms with Gasteiger partial charge in [0.05, 0.1) is 17.7 Å². The third-order valence-corrected chi connectivity index (χ3v) is 3.47. The van der Waals surface area contributed by atoms with Crippen LogP contribution in [0.4, 0.5) is 4.39 Å². The summed E-state index contributed by atoms with van der Waals surface area (Å²) in [7, 11) is 2.08. The fourth-order valence-electron chi connectivity index (χ4n) is 2.42. The highest BCUT2D eigenvalue weighted by Gasteiger charge is 2.20. The molecule has 1 aromatic carbocycles. The summed E-state index contributed by atoms with van der Waals surface area (Å²) < 4.78 is 16.1. The van der Waals surface area contributed by atoms with Crippen LogP contribution in [0.15, 0.2) is 24.5 Å². The van der Waals surface area contributed by atoms with E-state index in [4.69, 9.17) is 0 Å². The Kier molecular flexibility index (Phi) is 2.67. The Morgan fingerprint density at radius 3 is 2.89 bits per heavy atom. The number of halogens is 1. The number of fused-ring (bicyclic) bond motifs is 1. The number of imidazole rings is 1. The van der Waals surface area contributed by atoms with Gasteiger partial charge in [-0.3, -0.25) is 4.90 Å². The molecule has 0 saturated heterocycles. The minimum Gasteiger partial charge on any atom is -0.332 e. The largest absolute Gasteiger partial charge is 0.332 e. The van der Waals surface area contributed by atoms with Gasteiger partial charge in [0, 0.05) is 25.2 Å². The Morgan fingerprint density at radius 1 is 1.28 bits per heavy atom. The van der Waals surface area contributed by atoms with Crippen LogP contribution in [0.5, 0.6) is 0 Å². The van der Waals surface area contributed by atoms with Gasteiger partial charge >= 0.3 is 0 Å². The number of hydrogen-bond donors (Lipinski definition) is 0. The monoisotopic (exact) mass is 245 g/mol. The maximum atomic E-state index is 14.0. The zero-order chi connectivity index (χ0) is 12.7. The third-order valence-electron chi connectivity index (χ3n) is 3.47. The molecule has 0 aliphatic carbocycles. The average Bonchev–Trinajstić information content (AvgIpc) is 2.72. The van der Waals surface area contributed by atoms with Gasteiger partial charge in [0.25, 0.3) is 0 Å². The lowest BCUT2D eigenvalue weighted by Crippen LogP contribution is -2.30. The molecule has 3 rings (SSSR count). The fourth-order valence-corrected chi connectivity index (χ4v) is 2.42. The van der Waals surface area contributed by atoms with Gasteiger partial charge in [0.2, 0.25) is 0 Å². The normalized spacial score (nSPS) is 15.7. The molecule has 2 aromatic rings. The van der Waals surface area contributed by atoms with Gasteiger partial charge in [-0.05, 0) is 31.7 Å². The number of aryl methyl sites for hydroxylation is 1. The van der Waals surface area contributed by atoms with Crippen molar-refractivity contribution in [3.63, 3.8) is 0 Å². The standard InChI is InChI=1S/C14H16FN3/c1-10-3-4-11(12(15)7-10)14-13-8-17(2)5-6-18(13)9-16-14/h3-4,7,9H,5-6,8H2,1-2H3. The molecule has 0 radical (unpaired) electrons. The molecule has 0 fully saturated rings. The summed E-state index contributed by atoms with van der Waals surface area (Å²) in [5.74, 6) is -0.190. The van der Waals surface area contributed by atoms with Crippen molar-refractivity contribution in [1.82, 2.24) is 14.5 Å². The van der Waals surface area contributed by atoms with Crippen LogP contribution in [-0.2, 0) is 13.1 Å². The summed E-state index contributed by atoms with van der Waals surface area (Å²) in [4.78, 5) is 6.62. The van der Waals surface area contributed by atoms with Crippen LogP contribution in [0, 0.1) is 12.7 Å². The molecule has 0 atom stereocenters. The van der Waals surface area contributed by atoms with E-state index in [1.807, 2.05) is 25.4 Å². The van der Waals surface area contributed by atoms with Crippen LogP contribution in [0.1, 0.15) is 11.3 Å². The van der Waals surface area contributed by atoms with Crippen LogP contribution < -0.4 is 0 Å². The van der Waals surface area contributed by atoms with E-state index < -0.39 is 0 Å². The second kappa shape index (κ2) is 4.21. The lowest BCUT2D eigenvalue weighted by molar-refractivity contribution is 0.270. The van der Waals surface area contributed by atoms with Gasteiger partial charge in [0.1, 0.15) is 5.82 Å². The second-order valence-electron chi connectivity index (χ2n) is 4.95. The molecule has 1 aromatic heterocycles. The molecule has 0 unspecified atom stereocenters. The van der Waals surface area contributed by atoms with E-state index in [1.54, 1.807) is 6.07 Å². The van der Waals surface area contributed by atoms with Gasteiger partial charge in [-0.15, -0.1) is 0 Å². The molecule has 0 saturated carbocycles. The van der Waals surface area contributed by atoms with Crippen molar-refractivity contribution in [1.29, 1.82) is 0 Å². The quantitative estimate of drug-likeness (QED) is 0.769. The first-order chi connectivity index (χ1) is 8.65. The summed E-state index contributed by atoms with van der Waals surface area (Å²) in [6, 6.07) is 5.31. The third kappa shape index (κ3) is 1.82. The highest BCUT2D eigenvalue weighted by Crippen LogP contribution is 2.27. The Bertz CT molecular complexity index is 589. The number of aromatic nitrogens is 2. The average molecular weight is 245 g/mol. The summed E-state index contributed by atoms with van der Waals surface area (Å²) in [5.41, 5.74) is 3.41. The Labute approximate surface area is 106 Å². The molecular formula is C14H16FN3. The Balaban J connectivity index is 2.10. The molecular weight excluding hydrogens is 229 g/mol. The summed E-state index contributed by atoms with van der Waals surface area (Å²) in [6.07, 6.45) is 1.82. The van der Waals surface area contributed by atoms with Crippen LogP contribution >= 0.6 is 0 Å². The molecule has 94 valence electrons.